The molecule has 0 amide bonds. The fraction of sp³-hybridized carbons (Fsp3) is 0.0833. The molecule has 4 aromatic rings. The van der Waals surface area contributed by atoms with Crippen molar-refractivity contribution < 1.29 is 4.79 Å². The number of benzene rings is 3. The number of aromatic nitrogens is 2. The van der Waals surface area contributed by atoms with Gasteiger partial charge in [-0.25, -0.2) is 4.68 Å². The lowest BCUT2D eigenvalue weighted by molar-refractivity contribution is 0.104. The number of thioether (sulfide) groups is 1. The Hall–Kier alpha value is -3.11. The number of aryl methyl sites for hydroxylation is 1. The van der Waals surface area contributed by atoms with Crippen LogP contribution < -0.4 is 0 Å². The van der Waals surface area contributed by atoms with Crippen LogP contribution in [-0.2, 0) is 0 Å². The molecule has 0 atom stereocenters. The van der Waals surface area contributed by atoms with Gasteiger partial charge in [-0.2, -0.15) is 5.10 Å². The summed E-state index contributed by atoms with van der Waals surface area (Å²) in [6.07, 6.45) is 1.99. The predicted octanol–water partition coefficient (Wildman–Crippen LogP) is 5.97. The number of Topliss-reactive ketones (excluding diaryl/α,β-unsaturated/α-hetero) is 1. The zero-order valence-electron chi connectivity index (χ0n) is 15.6. The van der Waals surface area contributed by atoms with E-state index in [1.807, 2.05) is 54.1 Å². The van der Waals surface area contributed by atoms with Crippen LogP contribution in [0.2, 0.25) is 0 Å². The molecule has 0 aliphatic carbocycles. The minimum absolute atomic E-state index is 0.0947. The molecule has 1 aromatic heterocycles. The third-order valence-electron chi connectivity index (χ3n) is 5.19. The first-order valence-corrected chi connectivity index (χ1v) is 10.0. The number of carbonyl (C=O) groups is 1. The third-order valence-corrected chi connectivity index (χ3v) is 6.29. The summed E-state index contributed by atoms with van der Waals surface area (Å²) in [4.78, 5) is 14.5. The maximum absolute atomic E-state index is 12.8. The third kappa shape index (κ3) is 2.60. The van der Waals surface area contributed by atoms with Gasteiger partial charge in [0, 0.05) is 27.1 Å². The van der Waals surface area contributed by atoms with Crippen LogP contribution in [0.5, 0.6) is 0 Å². The molecule has 1 aliphatic rings. The van der Waals surface area contributed by atoms with Crippen LogP contribution in [-0.4, -0.2) is 15.6 Å². The topological polar surface area (TPSA) is 34.9 Å². The summed E-state index contributed by atoms with van der Waals surface area (Å²) in [5.41, 5.74) is 4.80. The Balaban J connectivity index is 1.63. The molecule has 3 nitrogen and oxygen atoms in total. The highest BCUT2D eigenvalue weighted by molar-refractivity contribution is 8.04. The summed E-state index contributed by atoms with van der Waals surface area (Å²) >= 11 is 1.54. The molecule has 1 aliphatic heterocycles. The molecular weight excluding hydrogens is 364 g/mol. The van der Waals surface area contributed by atoms with E-state index in [1.165, 1.54) is 17.1 Å². The Labute approximate surface area is 167 Å². The van der Waals surface area contributed by atoms with Crippen molar-refractivity contribution in [1.82, 2.24) is 9.78 Å². The first-order chi connectivity index (χ1) is 13.6. The second-order valence-corrected chi connectivity index (χ2v) is 8.01. The van der Waals surface area contributed by atoms with Crippen molar-refractivity contribution in [3.8, 4) is 5.69 Å². The summed E-state index contributed by atoms with van der Waals surface area (Å²) in [5, 5.41) is 7.14. The van der Waals surface area contributed by atoms with Gasteiger partial charge in [0.15, 0.2) is 0 Å². The second-order valence-electron chi connectivity index (χ2n) is 6.93. The first kappa shape index (κ1) is 17.0. The lowest BCUT2D eigenvalue weighted by Crippen LogP contribution is -2.00. The van der Waals surface area contributed by atoms with Gasteiger partial charge in [0.25, 0.3) is 0 Å². The van der Waals surface area contributed by atoms with Crippen molar-refractivity contribution in [2.75, 3.05) is 0 Å². The highest BCUT2D eigenvalue weighted by Crippen LogP contribution is 2.41. The van der Waals surface area contributed by atoms with Gasteiger partial charge in [0.05, 0.1) is 16.3 Å². The van der Waals surface area contributed by atoms with Crippen molar-refractivity contribution >= 4 is 34.4 Å². The molecule has 0 N–H and O–H groups in total. The lowest BCUT2D eigenvalue weighted by atomic mass is 10.1. The molecule has 0 unspecified atom stereocenters. The molecule has 3 aromatic carbocycles. The van der Waals surface area contributed by atoms with E-state index in [4.69, 9.17) is 5.10 Å². The van der Waals surface area contributed by atoms with E-state index in [0.29, 0.717) is 0 Å². The zero-order chi connectivity index (χ0) is 19.3. The molecule has 4 heteroatoms. The standard InChI is InChI=1S/C24H18N2OS/c1-15-20(14-23-24(27)19-11-5-6-13-22(19)28-23)16(2)26(25-15)21-12-7-9-17-8-3-4-10-18(17)21/h3-14H,1-2H3/b23-14-. The minimum atomic E-state index is 0.0947. The van der Waals surface area contributed by atoms with Crippen molar-refractivity contribution in [3.05, 3.63) is 94.1 Å². The highest BCUT2D eigenvalue weighted by Gasteiger charge is 2.26. The quantitative estimate of drug-likeness (QED) is 0.401. The maximum Gasteiger partial charge on any atom is 0.200 e. The van der Waals surface area contributed by atoms with E-state index >= 15 is 0 Å². The zero-order valence-corrected chi connectivity index (χ0v) is 16.5. The van der Waals surface area contributed by atoms with Crippen LogP contribution >= 0.6 is 11.8 Å². The molecule has 0 saturated carbocycles. The Morgan fingerprint density at radius 3 is 2.54 bits per heavy atom. The number of hydrogen-bond donors (Lipinski definition) is 0. The molecule has 136 valence electrons. The van der Waals surface area contributed by atoms with E-state index in [9.17, 15) is 4.79 Å². The van der Waals surface area contributed by atoms with Gasteiger partial charge < -0.3 is 0 Å². The van der Waals surface area contributed by atoms with Gasteiger partial charge >= 0.3 is 0 Å². The summed E-state index contributed by atoms with van der Waals surface area (Å²) in [7, 11) is 0. The van der Waals surface area contributed by atoms with Gasteiger partial charge in [-0.1, -0.05) is 60.3 Å². The summed E-state index contributed by atoms with van der Waals surface area (Å²) in [5.74, 6) is 0.0947. The summed E-state index contributed by atoms with van der Waals surface area (Å²) in [6.45, 7) is 4.06. The van der Waals surface area contributed by atoms with E-state index in [2.05, 4.69) is 37.3 Å². The number of hydrogen-bond acceptors (Lipinski definition) is 3. The highest BCUT2D eigenvalue weighted by atomic mass is 32.2. The molecule has 0 spiro atoms. The largest absolute Gasteiger partial charge is 0.288 e. The Kier molecular flexibility index (Phi) is 3.95. The van der Waals surface area contributed by atoms with Crippen LogP contribution in [0.15, 0.2) is 76.5 Å². The number of allylic oxidation sites excluding steroid dienone is 1. The SMILES string of the molecule is Cc1nn(-c2cccc3ccccc23)c(C)c1/C=C1\Sc2ccccc2C1=O. The monoisotopic (exact) mass is 382 g/mol. The fourth-order valence-electron chi connectivity index (χ4n) is 3.76. The predicted molar refractivity (Wildman–Crippen MR) is 115 cm³/mol. The van der Waals surface area contributed by atoms with E-state index in [0.717, 1.165) is 43.4 Å². The normalized spacial score (nSPS) is 14.8. The van der Waals surface area contributed by atoms with Gasteiger partial charge in [0.1, 0.15) is 0 Å². The molecule has 28 heavy (non-hydrogen) atoms. The number of carbonyl (C=O) groups excluding carboxylic acids is 1. The average Bonchev–Trinajstić information content (AvgIpc) is 3.19. The van der Waals surface area contributed by atoms with Gasteiger partial charge in [-0.3, -0.25) is 4.79 Å². The average molecular weight is 382 g/mol. The summed E-state index contributed by atoms with van der Waals surface area (Å²) < 4.78 is 1.99. The van der Waals surface area contributed by atoms with Crippen LogP contribution in [0.1, 0.15) is 27.3 Å². The van der Waals surface area contributed by atoms with Crippen molar-refractivity contribution in [2.45, 2.75) is 18.7 Å². The van der Waals surface area contributed by atoms with Gasteiger partial charge in [-0.05, 0) is 43.5 Å². The Bertz CT molecular complexity index is 1280. The van der Waals surface area contributed by atoms with Crippen molar-refractivity contribution in [1.29, 1.82) is 0 Å². The molecule has 0 fully saturated rings. The number of rotatable bonds is 2. The van der Waals surface area contributed by atoms with Crippen LogP contribution in [0.25, 0.3) is 22.5 Å². The maximum atomic E-state index is 12.8. The Morgan fingerprint density at radius 2 is 1.68 bits per heavy atom. The molecule has 0 bridgehead atoms. The fourth-order valence-corrected chi connectivity index (χ4v) is 4.79. The number of ketones is 1. The molecular formula is C24H18N2OS. The summed E-state index contributed by atoms with van der Waals surface area (Å²) in [6, 6.07) is 22.3. The second kappa shape index (κ2) is 6.50. The molecule has 0 radical (unpaired) electrons. The van der Waals surface area contributed by atoms with Crippen LogP contribution in [0.4, 0.5) is 0 Å². The molecule has 2 heterocycles. The van der Waals surface area contributed by atoms with Crippen LogP contribution in [0.3, 0.4) is 0 Å². The van der Waals surface area contributed by atoms with Gasteiger partial charge in [0.2, 0.25) is 5.78 Å². The lowest BCUT2D eigenvalue weighted by Gasteiger charge is -2.09. The number of nitrogens with zero attached hydrogens (tertiary/aromatic N) is 2. The smallest absolute Gasteiger partial charge is 0.200 e. The van der Waals surface area contributed by atoms with E-state index in [-0.39, 0.29) is 5.78 Å². The van der Waals surface area contributed by atoms with Gasteiger partial charge in [-0.15, -0.1) is 0 Å². The number of fused-ring (bicyclic) bond motifs is 2. The first-order valence-electron chi connectivity index (χ1n) is 9.21. The van der Waals surface area contributed by atoms with E-state index in [1.54, 1.807) is 0 Å². The minimum Gasteiger partial charge on any atom is -0.288 e. The van der Waals surface area contributed by atoms with Crippen molar-refractivity contribution in [3.63, 3.8) is 0 Å². The van der Waals surface area contributed by atoms with Crippen LogP contribution in [0, 0.1) is 13.8 Å². The van der Waals surface area contributed by atoms with Crippen molar-refractivity contribution in [2.24, 2.45) is 0 Å². The Morgan fingerprint density at radius 1 is 0.929 bits per heavy atom. The van der Waals surface area contributed by atoms with E-state index < -0.39 is 0 Å². The molecule has 5 rings (SSSR count). The molecule has 0 saturated heterocycles.